The molecular weight excluding hydrogens is 202 g/mol. The molecule has 1 aromatic rings. The molecule has 0 saturated carbocycles. The fraction of sp³-hybridized carbons (Fsp3) is 0.583. The predicted octanol–water partition coefficient (Wildman–Crippen LogP) is 1.40. The molecule has 2 rings (SSSR count). The number of hydrogen-bond donors (Lipinski definition) is 2. The number of aromatic nitrogens is 1. The number of nitrogens with two attached hydrogens (primary N) is 1. The molecule has 1 saturated heterocycles. The molecule has 0 radical (unpaired) electrons. The summed E-state index contributed by atoms with van der Waals surface area (Å²) in [7, 11) is 0. The number of aliphatic hydroxyl groups excluding tert-OH is 1. The quantitative estimate of drug-likeness (QED) is 0.792. The van der Waals surface area contributed by atoms with E-state index in [9.17, 15) is 5.11 Å². The monoisotopic (exact) mass is 221 g/mol. The van der Waals surface area contributed by atoms with Crippen molar-refractivity contribution >= 4 is 11.5 Å². The van der Waals surface area contributed by atoms with Crippen LogP contribution >= 0.6 is 0 Å². The average molecular weight is 221 g/mol. The third-order valence-corrected chi connectivity index (χ3v) is 3.17. The van der Waals surface area contributed by atoms with Gasteiger partial charge in [-0.05, 0) is 38.3 Å². The Hall–Kier alpha value is -1.29. The third kappa shape index (κ3) is 2.27. The zero-order chi connectivity index (χ0) is 11.5. The molecule has 0 aliphatic carbocycles. The zero-order valence-electron chi connectivity index (χ0n) is 9.63. The summed E-state index contributed by atoms with van der Waals surface area (Å²) in [6.07, 6.45) is 4.72. The first-order valence-electron chi connectivity index (χ1n) is 5.85. The first kappa shape index (κ1) is 11.2. The fourth-order valence-electron chi connectivity index (χ4n) is 2.31. The Morgan fingerprint density at radius 2 is 2.31 bits per heavy atom. The van der Waals surface area contributed by atoms with Gasteiger partial charge in [0.25, 0.3) is 0 Å². The number of aliphatic hydroxyl groups is 1. The molecule has 0 unspecified atom stereocenters. The highest BCUT2D eigenvalue weighted by molar-refractivity contribution is 5.47. The number of pyridine rings is 1. The molecule has 1 aliphatic rings. The number of rotatable bonds is 2. The van der Waals surface area contributed by atoms with Gasteiger partial charge in [-0.3, -0.25) is 0 Å². The van der Waals surface area contributed by atoms with Gasteiger partial charge < -0.3 is 15.7 Å². The van der Waals surface area contributed by atoms with Gasteiger partial charge in [-0.1, -0.05) is 0 Å². The Morgan fingerprint density at radius 1 is 1.50 bits per heavy atom. The predicted molar refractivity (Wildman–Crippen MR) is 65.3 cm³/mol. The smallest absolute Gasteiger partial charge is 0.128 e. The highest BCUT2D eigenvalue weighted by Gasteiger charge is 2.26. The molecule has 16 heavy (non-hydrogen) atoms. The first-order chi connectivity index (χ1) is 7.68. The number of hydrogen-bond acceptors (Lipinski definition) is 4. The lowest BCUT2D eigenvalue weighted by molar-refractivity contribution is 0.145. The van der Waals surface area contributed by atoms with Crippen LogP contribution in [0.15, 0.2) is 18.3 Å². The molecule has 1 aliphatic heterocycles. The van der Waals surface area contributed by atoms with Gasteiger partial charge in [0.2, 0.25) is 0 Å². The molecule has 2 atom stereocenters. The van der Waals surface area contributed by atoms with E-state index in [0.29, 0.717) is 5.69 Å². The minimum Gasteiger partial charge on any atom is -0.397 e. The third-order valence-electron chi connectivity index (χ3n) is 3.17. The minimum atomic E-state index is -0.320. The largest absolute Gasteiger partial charge is 0.397 e. The van der Waals surface area contributed by atoms with E-state index in [2.05, 4.69) is 9.88 Å². The van der Waals surface area contributed by atoms with Gasteiger partial charge >= 0.3 is 0 Å². The number of nitrogen functional groups attached to an aromatic ring is 1. The Balaban J connectivity index is 2.19. The van der Waals surface area contributed by atoms with Gasteiger partial charge in [-0.25, -0.2) is 4.98 Å². The van der Waals surface area contributed by atoms with Crippen LogP contribution in [0.4, 0.5) is 11.5 Å². The van der Waals surface area contributed by atoms with Crippen LogP contribution in [-0.2, 0) is 0 Å². The maximum Gasteiger partial charge on any atom is 0.128 e. The van der Waals surface area contributed by atoms with Gasteiger partial charge in [0.15, 0.2) is 0 Å². The van der Waals surface area contributed by atoms with Gasteiger partial charge in [-0.2, -0.15) is 0 Å². The van der Waals surface area contributed by atoms with Crippen molar-refractivity contribution in [3.05, 3.63) is 18.3 Å². The van der Waals surface area contributed by atoms with E-state index < -0.39 is 0 Å². The van der Waals surface area contributed by atoms with E-state index in [1.165, 1.54) is 6.42 Å². The van der Waals surface area contributed by atoms with Crippen LogP contribution in [0.2, 0.25) is 0 Å². The maximum atomic E-state index is 9.77. The van der Waals surface area contributed by atoms with Crippen LogP contribution in [0.1, 0.15) is 26.2 Å². The standard InChI is InChI=1S/C12H19N3O/c1-9(16)11-4-2-3-7-15(11)12-6-5-10(13)8-14-12/h5-6,8-9,11,16H,2-4,7,13H2,1H3/t9-,11-/m1/s1. The summed E-state index contributed by atoms with van der Waals surface area (Å²) in [5, 5.41) is 9.77. The zero-order valence-corrected chi connectivity index (χ0v) is 9.63. The second-order valence-corrected chi connectivity index (χ2v) is 4.45. The van der Waals surface area contributed by atoms with Crippen LogP contribution in [0, 0.1) is 0 Å². The van der Waals surface area contributed by atoms with E-state index >= 15 is 0 Å². The van der Waals surface area contributed by atoms with Crippen LogP contribution in [0.5, 0.6) is 0 Å². The highest BCUT2D eigenvalue weighted by Crippen LogP contribution is 2.25. The van der Waals surface area contributed by atoms with Crippen molar-refractivity contribution in [2.75, 3.05) is 17.2 Å². The summed E-state index contributed by atoms with van der Waals surface area (Å²) in [5.41, 5.74) is 6.30. The van der Waals surface area contributed by atoms with Gasteiger partial charge in [0.1, 0.15) is 5.82 Å². The lowest BCUT2D eigenvalue weighted by Crippen LogP contribution is -2.46. The molecule has 1 aromatic heterocycles. The Bertz CT molecular complexity index is 337. The van der Waals surface area contributed by atoms with Crippen molar-refractivity contribution in [1.29, 1.82) is 0 Å². The van der Waals surface area contributed by atoms with Crippen LogP contribution in [0.25, 0.3) is 0 Å². The molecule has 1 fully saturated rings. The second kappa shape index (κ2) is 4.70. The highest BCUT2D eigenvalue weighted by atomic mass is 16.3. The first-order valence-corrected chi connectivity index (χ1v) is 5.85. The molecule has 0 spiro atoms. The molecule has 0 bridgehead atoms. The molecule has 4 heteroatoms. The van der Waals surface area contributed by atoms with Crippen LogP contribution in [-0.4, -0.2) is 28.8 Å². The molecule has 0 amide bonds. The fourth-order valence-corrected chi connectivity index (χ4v) is 2.31. The molecule has 3 N–H and O–H groups in total. The summed E-state index contributed by atoms with van der Waals surface area (Å²) in [4.78, 5) is 6.51. The van der Waals surface area contributed by atoms with Crippen molar-refractivity contribution in [3.8, 4) is 0 Å². The Kier molecular flexibility index (Phi) is 3.29. The lowest BCUT2D eigenvalue weighted by Gasteiger charge is -2.38. The SMILES string of the molecule is C[C@@H](O)[C@H]1CCCCN1c1ccc(N)cn1. The van der Waals surface area contributed by atoms with E-state index in [0.717, 1.165) is 25.2 Å². The minimum absolute atomic E-state index is 0.185. The second-order valence-electron chi connectivity index (χ2n) is 4.45. The number of nitrogens with zero attached hydrogens (tertiary/aromatic N) is 2. The summed E-state index contributed by atoms with van der Waals surface area (Å²) < 4.78 is 0. The van der Waals surface area contributed by atoms with Crippen molar-refractivity contribution in [3.63, 3.8) is 0 Å². The average Bonchev–Trinajstić information content (AvgIpc) is 2.30. The topological polar surface area (TPSA) is 62.4 Å². The summed E-state index contributed by atoms with van der Waals surface area (Å²) in [6, 6.07) is 3.97. The molecule has 2 heterocycles. The summed E-state index contributed by atoms with van der Waals surface area (Å²) in [5.74, 6) is 0.916. The van der Waals surface area contributed by atoms with E-state index in [-0.39, 0.29) is 12.1 Å². The normalized spacial score (nSPS) is 23.1. The lowest BCUT2D eigenvalue weighted by atomic mass is 9.98. The Labute approximate surface area is 96.1 Å². The van der Waals surface area contributed by atoms with Crippen molar-refractivity contribution in [2.24, 2.45) is 0 Å². The van der Waals surface area contributed by atoms with Gasteiger partial charge in [0.05, 0.1) is 24.0 Å². The molecular formula is C12H19N3O. The van der Waals surface area contributed by atoms with Gasteiger partial charge in [-0.15, -0.1) is 0 Å². The van der Waals surface area contributed by atoms with Crippen LogP contribution < -0.4 is 10.6 Å². The van der Waals surface area contributed by atoms with Crippen molar-refractivity contribution < 1.29 is 5.11 Å². The van der Waals surface area contributed by atoms with Crippen LogP contribution in [0.3, 0.4) is 0 Å². The number of anilines is 2. The summed E-state index contributed by atoms with van der Waals surface area (Å²) in [6.45, 7) is 2.81. The van der Waals surface area contributed by atoms with Crippen molar-refractivity contribution in [1.82, 2.24) is 4.98 Å². The molecule has 88 valence electrons. The van der Waals surface area contributed by atoms with E-state index in [4.69, 9.17) is 5.73 Å². The summed E-state index contributed by atoms with van der Waals surface area (Å²) >= 11 is 0. The maximum absolute atomic E-state index is 9.77. The number of piperidine rings is 1. The van der Waals surface area contributed by atoms with E-state index in [1.54, 1.807) is 6.20 Å². The van der Waals surface area contributed by atoms with E-state index in [1.807, 2.05) is 19.1 Å². The van der Waals surface area contributed by atoms with Gasteiger partial charge in [0, 0.05) is 6.54 Å². The van der Waals surface area contributed by atoms with Crippen molar-refractivity contribution in [2.45, 2.75) is 38.3 Å². The molecule has 0 aromatic carbocycles. The molecule has 4 nitrogen and oxygen atoms in total. The Morgan fingerprint density at radius 3 is 2.94 bits per heavy atom.